The zero-order chi connectivity index (χ0) is 26.9. The maximum atomic E-state index is 13.8. The van der Waals surface area contributed by atoms with Gasteiger partial charge in [0, 0.05) is 18.0 Å². The van der Waals surface area contributed by atoms with Gasteiger partial charge in [0.1, 0.15) is 17.7 Å². The van der Waals surface area contributed by atoms with Crippen LogP contribution < -0.4 is 10.6 Å². The number of carbonyl (C=O) groups is 3. The molecule has 0 aliphatic heterocycles. The van der Waals surface area contributed by atoms with Crippen molar-refractivity contribution in [1.29, 1.82) is 0 Å². The Morgan fingerprint density at radius 2 is 1.61 bits per heavy atom. The molecule has 36 heavy (non-hydrogen) atoms. The maximum absolute atomic E-state index is 13.8. The van der Waals surface area contributed by atoms with Crippen LogP contribution in [0.15, 0.2) is 48.5 Å². The van der Waals surface area contributed by atoms with E-state index < -0.39 is 29.7 Å². The lowest BCUT2D eigenvalue weighted by molar-refractivity contribution is -0.140. The Kier molecular flexibility index (Phi) is 10.8. The number of aryl methyl sites for hydroxylation is 2. The van der Waals surface area contributed by atoms with E-state index in [1.165, 1.54) is 0 Å². The Morgan fingerprint density at radius 3 is 2.14 bits per heavy atom. The van der Waals surface area contributed by atoms with Gasteiger partial charge in [-0.2, -0.15) is 12.6 Å². The van der Waals surface area contributed by atoms with Gasteiger partial charge in [0.05, 0.1) is 0 Å². The highest BCUT2D eigenvalue weighted by atomic mass is 32.1. The largest absolute Gasteiger partial charge is 0.444 e. The number of amides is 3. The molecule has 0 heterocycles. The molecule has 2 aromatic rings. The molecule has 196 valence electrons. The third kappa shape index (κ3) is 8.29. The highest BCUT2D eigenvalue weighted by Gasteiger charge is 2.35. The lowest BCUT2D eigenvalue weighted by atomic mass is 10.0. The Balaban J connectivity index is 2.46. The second-order valence-electron chi connectivity index (χ2n) is 9.84. The zero-order valence-electron chi connectivity index (χ0n) is 22.1. The lowest BCUT2D eigenvalue weighted by Crippen LogP contribution is -2.53. The van der Waals surface area contributed by atoms with Crippen molar-refractivity contribution >= 4 is 36.2 Å². The molecule has 2 aromatic carbocycles. The van der Waals surface area contributed by atoms with E-state index in [2.05, 4.69) is 23.3 Å². The van der Waals surface area contributed by atoms with Crippen LogP contribution in [0.2, 0.25) is 0 Å². The molecule has 0 fully saturated rings. The minimum absolute atomic E-state index is 0.0563. The van der Waals surface area contributed by atoms with Crippen LogP contribution in [-0.4, -0.2) is 46.7 Å². The molecule has 0 aromatic heterocycles. The van der Waals surface area contributed by atoms with Crippen LogP contribution in [0.5, 0.6) is 0 Å². The van der Waals surface area contributed by atoms with Crippen molar-refractivity contribution in [3.05, 3.63) is 65.2 Å². The van der Waals surface area contributed by atoms with Crippen LogP contribution in [0, 0.1) is 13.8 Å². The summed E-state index contributed by atoms with van der Waals surface area (Å²) in [7, 11) is 0. The van der Waals surface area contributed by atoms with Gasteiger partial charge in [0.2, 0.25) is 5.91 Å². The van der Waals surface area contributed by atoms with E-state index >= 15 is 0 Å². The molecule has 0 saturated heterocycles. The lowest BCUT2D eigenvalue weighted by Gasteiger charge is -2.34. The van der Waals surface area contributed by atoms with E-state index in [-0.39, 0.29) is 11.7 Å². The fourth-order valence-corrected chi connectivity index (χ4v) is 4.09. The van der Waals surface area contributed by atoms with Crippen LogP contribution in [0.4, 0.5) is 10.5 Å². The number of hydrogen-bond acceptors (Lipinski definition) is 5. The molecule has 2 atom stereocenters. The van der Waals surface area contributed by atoms with Gasteiger partial charge in [-0.3, -0.25) is 9.59 Å². The predicted octanol–water partition coefficient (Wildman–Crippen LogP) is 5.44. The van der Waals surface area contributed by atoms with Crippen LogP contribution in [0.3, 0.4) is 0 Å². The highest BCUT2D eigenvalue weighted by molar-refractivity contribution is 7.80. The molecular formula is C28H39N3O4S. The van der Waals surface area contributed by atoms with Crippen LogP contribution in [0.1, 0.15) is 63.3 Å². The first kappa shape index (κ1) is 29.2. The Labute approximate surface area is 220 Å². The number of carbonyl (C=O) groups excluding carboxylic acids is 3. The number of rotatable bonds is 10. The monoisotopic (exact) mass is 513 g/mol. The summed E-state index contributed by atoms with van der Waals surface area (Å²) in [4.78, 5) is 41.6. The number of nitrogens with zero attached hydrogens (tertiary/aromatic N) is 1. The normalized spacial score (nSPS) is 12.9. The molecule has 0 spiro atoms. The fourth-order valence-electron chi connectivity index (χ4n) is 3.84. The summed E-state index contributed by atoms with van der Waals surface area (Å²) in [5.41, 5.74) is 2.56. The fraction of sp³-hybridized carbons (Fsp3) is 0.464. The summed E-state index contributed by atoms with van der Waals surface area (Å²) < 4.78 is 5.34. The first-order chi connectivity index (χ1) is 17.0. The summed E-state index contributed by atoms with van der Waals surface area (Å²) in [6.45, 7) is 11.5. The topological polar surface area (TPSA) is 87.7 Å². The molecule has 0 saturated carbocycles. The second-order valence-corrected chi connectivity index (χ2v) is 10.2. The van der Waals surface area contributed by atoms with Gasteiger partial charge < -0.3 is 20.3 Å². The first-order valence-electron chi connectivity index (χ1n) is 12.3. The molecule has 8 heteroatoms. The molecular weight excluding hydrogens is 474 g/mol. The summed E-state index contributed by atoms with van der Waals surface area (Å²) >= 11 is 4.32. The number of thiol groups is 1. The molecule has 2 N–H and O–H groups in total. The van der Waals surface area contributed by atoms with Crippen LogP contribution in [-0.2, 0) is 14.3 Å². The van der Waals surface area contributed by atoms with Crippen molar-refractivity contribution in [3.63, 3.8) is 0 Å². The standard InChI is InChI=1S/C28H39N3O4S/c1-7-8-17-31(26(33)22(18-36)29-27(34)35-28(4,5)6)24(21-15-10-9-11-16-21)25(32)30-23-19(2)13-12-14-20(23)3/h9-16,22,24,36H,7-8,17-18H2,1-6H3,(H,29,34)(H,30,32). The summed E-state index contributed by atoms with van der Waals surface area (Å²) in [5.74, 6) is -0.658. The molecule has 2 unspecified atom stereocenters. The van der Waals surface area contributed by atoms with Crippen molar-refractivity contribution in [2.75, 3.05) is 17.6 Å². The summed E-state index contributed by atoms with van der Waals surface area (Å²) in [6.07, 6.45) is 0.813. The molecule has 0 aliphatic rings. The molecule has 7 nitrogen and oxygen atoms in total. The number of anilines is 1. The van der Waals surface area contributed by atoms with Gasteiger partial charge in [-0.05, 0) is 57.7 Å². The molecule has 0 radical (unpaired) electrons. The number of ether oxygens (including phenoxy) is 1. The molecule has 0 bridgehead atoms. The van der Waals surface area contributed by atoms with Crippen molar-refractivity contribution in [1.82, 2.24) is 10.2 Å². The quantitative estimate of drug-likeness (QED) is 0.370. The molecule has 0 aliphatic carbocycles. The van der Waals surface area contributed by atoms with Crippen LogP contribution in [0.25, 0.3) is 0 Å². The third-order valence-electron chi connectivity index (χ3n) is 5.61. The van der Waals surface area contributed by atoms with Gasteiger partial charge in [-0.1, -0.05) is 61.9 Å². The number of unbranched alkanes of at least 4 members (excludes halogenated alkanes) is 1. The van der Waals surface area contributed by atoms with Crippen LogP contribution >= 0.6 is 12.6 Å². The minimum Gasteiger partial charge on any atom is -0.444 e. The van der Waals surface area contributed by atoms with Gasteiger partial charge in [-0.25, -0.2) is 4.79 Å². The van der Waals surface area contributed by atoms with Gasteiger partial charge in [0.15, 0.2) is 0 Å². The third-order valence-corrected chi connectivity index (χ3v) is 5.98. The van der Waals surface area contributed by atoms with Crippen molar-refractivity contribution < 1.29 is 19.1 Å². The number of benzene rings is 2. The minimum atomic E-state index is -0.959. The van der Waals surface area contributed by atoms with E-state index in [0.717, 1.165) is 23.2 Å². The number of alkyl carbamates (subject to hydrolysis) is 1. The average molecular weight is 514 g/mol. The number of hydrogen-bond donors (Lipinski definition) is 3. The van der Waals surface area contributed by atoms with E-state index in [1.54, 1.807) is 25.7 Å². The number of para-hydroxylation sites is 1. The first-order valence-corrected chi connectivity index (χ1v) is 12.9. The van der Waals surface area contributed by atoms with Gasteiger partial charge in [-0.15, -0.1) is 0 Å². The van der Waals surface area contributed by atoms with Crippen molar-refractivity contribution in [2.45, 2.75) is 72.1 Å². The van der Waals surface area contributed by atoms with Gasteiger partial charge in [0.25, 0.3) is 5.91 Å². The smallest absolute Gasteiger partial charge is 0.408 e. The number of nitrogens with one attached hydrogen (secondary N) is 2. The SMILES string of the molecule is CCCCN(C(=O)C(CS)NC(=O)OC(C)(C)C)C(C(=O)Nc1c(C)cccc1C)c1ccccc1. The zero-order valence-corrected chi connectivity index (χ0v) is 23.0. The molecule has 3 amide bonds. The average Bonchev–Trinajstić information content (AvgIpc) is 2.81. The van der Waals surface area contributed by atoms with E-state index in [9.17, 15) is 14.4 Å². The van der Waals surface area contributed by atoms with E-state index in [0.29, 0.717) is 18.5 Å². The Hall–Kier alpha value is -3.00. The van der Waals surface area contributed by atoms with Gasteiger partial charge >= 0.3 is 6.09 Å². The van der Waals surface area contributed by atoms with Crippen molar-refractivity contribution in [3.8, 4) is 0 Å². The summed E-state index contributed by atoms with van der Waals surface area (Å²) in [5, 5.41) is 5.69. The van der Waals surface area contributed by atoms with E-state index in [4.69, 9.17) is 4.74 Å². The Bertz CT molecular complexity index is 1020. The summed E-state index contributed by atoms with van der Waals surface area (Å²) in [6, 6.07) is 13.2. The van der Waals surface area contributed by atoms with E-state index in [1.807, 2.05) is 69.3 Å². The predicted molar refractivity (Wildman–Crippen MR) is 147 cm³/mol. The molecule has 2 rings (SSSR count). The Morgan fingerprint density at radius 1 is 1.00 bits per heavy atom. The highest BCUT2D eigenvalue weighted by Crippen LogP contribution is 2.27. The van der Waals surface area contributed by atoms with Crippen molar-refractivity contribution in [2.24, 2.45) is 0 Å². The maximum Gasteiger partial charge on any atom is 0.408 e. The second kappa shape index (κ2) is 13.3.